The van der Waals surface area contributed by atoms with E-state index < -0.39 is 21.9 Å². The molecular formula is C21H28N2O8S. The minimum atomic E-state index is -3.72. The van der Waals surface area contributed by atoms with E-state index >= 15 is 0 Å². The lowest BCUT2D eigenvalue weighted by molar-refractivity contribution is -0.153. The molecule has 0 aromatic heterocycles. The predicted octanol–water partition coefficient (Wildman–Crippen LogP) is 0.697. The first-order valence-corrected chi connectivity index (χ1v) is 12.3. The van der Waals surface area contributed by atoms with E-state index in [9.17, 15) is 18.0 Å². The van der Waals surface area contributed by atoms with Crippen LogP contribution in [-0.2, 0) is 29.1 Å². The van der Waals surface area contributed by atoms with Crippen molar-refractivity contribution in [2.75, 3.05) is 46.1 Å². The second-order valence-corrected chi connectivity index (χ2v) is 9.97. The monoisotopic (exact) mass is 468 g/mol. The Labute approximate surface area is 187 Å². The average molecular weight is 469 g/mol. The molecule has 1 atom stereocenters. The third kappa shape index (κ3) is 5.33. The lowest BCUT2D eigenvalue weighted by Crippen LogP contribution is -2.41. The van der Waals surface area contributed by atoms with Crippen LogP contribution in [0.1, 0.15) is 25.7 Å². The van der Waals surface area contributed by atoms with Gasteiger partial charge in [0.2, 0.25) is 10.0 Å². The van der Waals surface area contributed by atoms with Gasteiger partial charge in [0.05, 0.1) is 16.9 Å². The van der Waals surface area contributed by atoms with E-state index in [0.717, 1.165) is 12.8 Å². The van der Waals surface area contributed by atoms with Gasteiger partial charge in [-0.05, 0) is 37.8 Å². The fourth-order valence-electron chi connectivity index (χ4n) is 4.00. The largest absolute Gasteiger partial charge is 0.486 e. The highest BCUT2D eigenvalue weighted by Gasteiger charge is 2.33. The van der Waals surface area contributed by atoms with Crippen molar-refractivity contribution in [3.05, 3.63) is 18.2 Å². The molecule has 0 bridgehead atoms. The molecule has 32 heavy (non-hydrogen) atoms. The molecule has 11 heteroatoms. The van der Waals surface area contributed by atoms with Crippen LogP contribution >= 0.6 is 0 Å². The van der Waals surface area contributed by atoms with E-state index in [-0.39, 0.29) is 36.6 Å². The van der Waals surface area contributed by atoms with Gasteiger partial charge in [0.25, 0.3) is 5.91 Å². The van der Waals surface area contributed by atoms with Crippen LogP contribution in [0.2, 0.25) is 0 Å². The zero-order chi connectivity index (χ0) is 22.6. The molecule has 1 unspecified atom stereocenters. The van der Waals surface area contributed by atoms with Crippen LogP contribution in [0, 0.1) is 5.92 Å². The number of nitrogens with zero attached hydrogens (tertiary/aromatic N) is 1. The zero-order valence-corrected chi connectivity index (χ0v) is 18.6. The SMILES string of the molecule is O=C(COC(=O)C1CCN(S(=O)(=O)c2ccc3c(c2)OCCO3)CC1)NCC1CCCO1. The number of hydrogen-bond donors (Lipinski definition) is 1. The third-order valence-electron chi connectivity index (χ3n) is 5.84. The van der Waals surface area contributed by atoms with Crippen molar-refractivity contribution in [3.63, 3.8) is 0 Å². The number of carbonyl (C=O) groups is 2. The quantitative estimate of drug-likeness (QED) is 0.581. The Morgan fingerprint density at radius 3 is 2.53 bits per heavy atom. The number of esters is 1. The summed E-state index contributed by atoms with van der Waals surface area (Å²) >= 11 is 0. The van der Waals surface area contributed by atoms with Crippen LogP contribution in [0.3, 0.4) is 0 Å². The van der Waals surface area contributed by atoms with Crippen LogP contribution < -0.4 is 14.8 Å². The number of ether oxygens (including phenoxy) is 4. The number of piperidine rings is 1. The fourth-order valence-corrected chi connectivity index (χ4v) is 5.49. The number of hydrogen-bond acceptors (Lipinski definition) is 8. The van der Waals surface area contributed by atoms with Crippen molar-refractivity contribution < 1.29 is 37.0 Å². The topological polar surface area (TPSA) is 120 Å². The Kier molecular flexibility index (Phi) is 7.17. The van der Waals surface area contributed by atoms with Crippen molar-refractivity contribution in [3.8, 4) is 11.5 Å². The van der Waals surface area contributed by atoms with Gasteiger partial charge in [-0.2, -0.15) is 4.31 Å². The lowest BCUT2D eigenvalue weighted by Gasteiger charge is -2.30. The van der Waals surface area contributed by atoms with Gasteiger partial charge >= 0.3 is 5.97 Å². The molecule has 4 rings (SSSR count). The fraction of sp³-hybridized carbons (Fsp3) is 0.619. The van der Waals surface area contributed by atoms with Gasteiger partial charge in [-0.25, -0.2) is 8.42 Å². The number of fused-ring (bicyclic) bond motifs is 1. The van der Waals surface area contributed by atoms with Gasteiger partial charge in [0, 0.05) is 32.3 Å². The summed E-state index contributed by atoms with van der Waals surface area (Å²) in [6.07, 6.45) is 2.59. The van der Waals surface area contributed by atoms with Gasteiger partial charge in [0.1, 0.15) is 13.2 Å². The minimum absolute atomic E-state index is 0.0233. The molecule has 3 aliphatic rings. The molecule has 1 amide bonds. The predicted molar refractivity (Wildman–Crippen MR) is 112 cm³/mol. The van der Waals surface area contributed by atoms with Crippen LogP contribution in [0.25, 0.3) is 0 Å². The first-order valence-electron chi connectivity index (χ1n) is 10.9. The maximum Gasteiger partial charge on any atom is 0.309 e. The molecule has 0 spiro atoms. The van der Waals surface area contributed by atoms with Gasteiger partial charge < -0.3 is 24.3 Å². The van der Waals surface area contributed by atoms with Crippen LogP contribution in [0.5, 0.6) is 11.5 Å². The van der Waals surface area contributed by atoms with Crippen molar-refractivity contribution >= 4 is 21.9 Å². The second-order valence-electron chi connectivity index (χ2n) is 8.03. The number of sulfonamides is 1. The summed E-state index contributed by atoms with van der Waals surface area (Å²) in [5, 5.41) is 2.70. The van der Waals surface area contributed by atoms with Crippen LogP contribution in [0.15, 0.2) is 23.1 Å². The molecule has 3 heterocycles. The average Bonchev–Trinajstić information content (AvgIpc) is 3.34. The standard InChI is InChI=1S/C21H28N2O8S/c24-20(22-13-16-2-1-9-28-16)14-31-21(25)15-5-7-23(8-6-15)32(26,27)17-3-4-18-19(12-17)30-11-10-29-18/h3-4,12,15-16H,1-2,5-11,13-14H2,(H,22,24). The molecule has 0 radical (unpaired) electrons. The highest BCUT2D eigenvalue weighted by Crippen LogP contribution is 2.34. The van der Waals surface area contributed by atoms with Crippen LogP contribution in [-0.4, -0.2) is 76.8 Å². The van der Waals surface area contributed by atoms with Crippen molar-refractivity contribution in [1.29, 1.82) is 0 Å². The number of nitrogens with one attached hydrogen (secondary N) is 1. The van der Waals surface area contributed by atoms with E-state index in [0.29, 0.717) is 50.7 Å². The van der Waals surface area contributed by atoms with E-state index in [2.05, 4.69) is 5.32 Å². The molecule has 1 aromatic rings. The molecule has 0 aliphatic carbocycles. The molecule has 176 valence electrons. The second kappa shape index (κ2) is 10.1. The molecule has 0 saturated carbocycles. The van der Waals surface area contributed by atoms with Gasteiger partial charge in [-0.15, -0.1) is 0 Å². The van der Waals surface area contributed by atoms with Gasteiger partial charge in [-0.1, -0.05) is 0 Å². The summed E-state index contributed by atoms with van der Waals surface area (Å²) in [5.74, 6) is -0.348. The number of amides is 1. The number of carbonyl (C=O) groups excluding carboxylic acids is 2. The first kappa shape index (κ1) is 22.8. The molecule has 10 nitrogen and oxygen atoms in total. The summed E-state index contributed by atoms with van der Waals surface area (Å²) in [7, 11) is -3.72. The maximum absolute atomic E-state index is 13.0. The molecule has 1 aromatic carbocycles. The highest BCUT2D eigenvalue weighted by molar-refractivity contribution is 7.89. The Morgan fingerprint density at radius 1 is 1.06 bits per heavy atom. The minimum Gasteiger partial charge on any atom is -0.486 e. The van der Waals surface area contributed by atoms with Crippen molar-refractivity contribution in [2.24, 2.45) is 5.92 Å². The molecular weight excluding hydrogens is 440 g/mol. The van der Waals surface area contributed by atoms with E-state index in [1.165, 1.54) is 16.4 Å². The smallest absolute Gasteiger partial charge is 0.309 e. The Balaban J connectivity index is 1.24. The molecule has 2 saturated heterocycles. The normalized spacial score (nSPS) is 21.8. The Bertz CT molecular complexity index is 937. The van der Waals surface area contributed by atoms with Gasteiger partial charge in [0.15, 0.2) is 18.1 Å². The summed E-state index contributed by atoms with van der Waals surface area (Å²) in [6.45, 7) is 1.96. The summed E-state index contributed by atoms with van der Waals surface area (Å²) in [6, 6.07) is 4.56. The van der Waals surface area contributed by atoms with Crippen LogP contribution in [0.4, 0.5) is 0 Å². The Hall–Kier alpha value is -2.37. The van der Waals surface area contributed by atoms with E-state index in [1.807, 2.05) is 0 Å². The molecule has 3 aliphatic heterocycles. The molecule has 2 fully saturated rings. The summed E-state index contributed by atoms with van der Waals surface area (Å²) in [5.41, 5.74) is 0. The summed E-state index contributed by atoms with van der Waals surface area (Å²) in [4.78, 5) is 24.3. The van der Waals surface area contributed by atoms with E-state index in [4.69, 9.17) is 18.9 Å². The highest BCUT2D eigenvalue weighted by atomic mass is 32.2. The molecule has 1 N–H and O–H groups in total. The van der Waals surface area contributed by atoms with Crippen molar-refractivity contribution in [1.82, 2.24) is 9.62 Å². The number of benzene rings is 1. The summed E-state index contributed by atoms with van der Waals surface area (Å²) < 4.78 is 48.8. The number of rotatable bonds is 7. The Morgan fingerprint density at radius 2 is 1.81 bits per heavy atom. The lowest BCUT2D eigenvalue weighted by atomic mass is 9.98. The van der Waals surface area contributed by atoms with Gasteiger partial charge in [-0.3, -0.25) is 9.59 Å². The maximum atomic E-state index is 13.0. The van der Waals surface area contributed by atoms with E-state index in [1.54, 1.807) is 6.07 Å². The third-order valence-corrected chi connectivity index (χ3v) is 7.73. The van der Waals surface area contributed by atoms with Crippen molar-refractivity contribution in [2.45, 2.75) is 36.7 Å². The zero-order valence-electron chi connectivity index (χ0n) is 17.8. The first-order chi connectivity index (χ1) is 15.4.